The normalized spacial score (nSPS) is 19.3. The Morgan fingerprint density at radius 2 is 1.87 bits per heavy atom. The fraction of sp³-hybridized carbons (Fsp3) is 0.478. The fourth-order valence-electron chi connectivity index (χ4n) is 3.09. The first-order valence-corrected chi connectivity index (χ1v) is 10.9. The molecular formula is C23H30Cl2N2O4. The van der Waals surface area contributed by atoms with Crippen LogP contribution in [0.3, 0.4) is 0 Å². The maximum Gasteiger partial charge on any atom is 0.407 e. The molecule has 1 aliphatic rings. The van der Waals surface area contributed by atoms with Crippen molar-refractivity contribution in [1.29, 1.82) is 0 Å². The smallest absolute Gasteiger partial charge is 0.407 e. The summed E-state index contributed by atoms with van der Waals surface area (Å²) >= 11 is 12.6. The zero-order valence-electron chi connectivity index (χ0n) is 18.6. The van der Waals surface area contributed by atoms with Crippen molar-refractivity contribution < 1.29 is 19.1 Å². The number of carbonyl (C=O) groups excluding carboxylic acids is 2. The molecule has 1 amide bonds. The van der Waals surface area contributed by atoms with E-state index in [4.69, 9.17) is 32.7 Å². The van der Waals surface area contributed by atoms with Crippen molar-refractivity contribution in [2.45, 2.75) is 64.7 Å². The van der Waals surface area contributed by atoms with Crippen LogP contribution in [-0.4, -0.2) is 35.9 Å². The average molecular weight is 469 g/mol. The third-order valence-corrected chi connectivity index (χ3v) is 5.26. The first-order valence-electron chi connectivity index (χ1n) is 10.1. The molecule has 6 nitrogen and oxygen atoms in total. The van der Waals surface area contributed by atoms with Crippen molar-refractivity contribution in [1.82, 2.24) is 5.32 Å². The number of esters is 1. The Bertz CT molecular complexity index is 857. The lowest BCUT2D eigenvalue weighted by atomic mass is 9.82. The van der Waals surface area contributed by atoms with Crippen molar-refractivity contribution in [3.05, 3.63) is 52.0 Å². The van der Waals surface area contributed by atoms with Gasteiger partial charge in [0.25, 0.3) is 0 Å². The minimum absolute atomic E-state index is 0.0900. The summed E-state index contributed by atoms with van der Waals surface area (Å²) in [4.78, 5) is 24.3. The molecule has 0 saturated carbocycles. The molecule has 0 aromatic heterocycles. The van der Waals surface area contributed by atoms with E-state index in [1.807, 2.05) is 25.2 Å². The second-order valence-corrected chi connectivity index (χ2v) is 9.55. The van der Waals surface area contributed by atoms with Crippen LogP contribution in [0.25, 0.3) is 0 Å². The minimum atomic E-state index is -0.590. The van der Waals surface area contributed by atoms with Crippen molar-refractivity contribution in [3.63, 3.8) is 0 Å². The summed E-state index contributed by atoms with van der Waals surface area (Å²) in [6.45, 7) is 9.20. The van der Waals surface area contributed by atoms with Gasteiger partial charge in [-0.15, -0.1) is 0 Å². The van der Waals surface area contributed by atoms with Crippen LogP contribution >= 0.6 is 23.2 Å². The summed E-state index contributed by atoms with van der Waals surface area (Å²) in [7, 11) is 0. The summed E-state index contributed by atoms with van der Waals surface area (Å²) in [6.07, 6.45) is 5.51. The Hall–Kier alpha value is -2.18. The standard InChI is InChI=1S/C23H30Cl2N2O4/c1-15(14-26-21(29)31-22(2,3)4)30-19(28)13-16-9-6-7-12-23(16,5)27-20-17(24)10-8-11-18(20)25/h6-11,15,27H,12-14H2,1-5H3,(H,26,29). The Kier molecular flexibility index (Phi) is 8.43. The highest BCUT2D eigenvalue weighted by Gasteiger charge is 2.32. The average Bonchev–Trinajstić information content (AvgIpc) is 2.64. The van der Waals surface area contributed by atoms with Gasteiger partial charge in [0, 0.05) is 0 Å². The van der Waals surface area contributed by atoms with Crippen LogP contribution in [0.1, 0.15) is 47.5 Å². The van der Waals surface area contributed by atoms with Crippen LogP contribution in [0.2, 0.25) is 10.0 Å². The van der Waals surface area contributed by atoms with Gasteiger partial charge >= 0.3 is 12.1 Å². The quantitative estimate of drug-likeness (QED) is 0.487. The molecule has 1 aliphatic carbocycles. The molecule has 1 aromatic carbocycles. The molecule has 0 heterocycles. The second kappa shape index (κ2) is 10.4. The van der Waals surface area contributed by atoms with E-state index in [2.05, 4.69) is 10.6 Å². The molecule has 170 valence electrons. The van der Waals surface area contributed by atoms with Gasteiger partial charge in [-0.2, -0.15) is 0 Å². The number of rotatable bonds is 7. The number of hydrogen-bond donors (Lipinski definition) is 2. The van der Waals surface area contributed by atoms with E-state index < -0.39 is 29.3 Å². The van der Waals surface area contributed by atoms with E-state index in [0.29, 0.717) is 22.2 Å². The van der Waals surface area contributed by atoms with E-state index in [9.17, 15) is 9.59 Å². The summed E-state index contributed by atoms with van der Waals surface area (Å²) in [6, 6.07) is 5.29. The molecule has 8 heteroatoms. The lowest BCUT2D eigenvalue weighted by molar-refractivity contribution is -0.147. The lowest BCUT2D eigenvalue weighted by Crippen LogP contribution is -2.40. The van der Waals surface area contributed by atoms with Gasteiger partial charge in [0.2, 0.25) is 0 Å². The number of hydrogen-bond acceptors (Lipinski definition) is 5. The maximum atomic E-state index is 12.6. The number of para-hydroxylation sites is 1. The molecular weight excluding hydrogens is 439 g/mol. The molecule has 0 bridgehead atoms. The molecule has 0 aliphatic heterocycles. The van der Waals surface area contributed by atoms with Gasteiger partial charge < -0.3 is 20.1 Å². The van der Waals surface area contributed by atoms with Crippen molar-refractivity contribution in [2.75, 3.05) is 11.9 Å². The van der Waals surface area contributed by atoms with Gasteiger partial charge in [-0.3, -0.25) is 4.79 Å². The Morgan fingerprint density at radius 1 is 1.23 bits per heavy atom. The first kappa shape index (κ1) is 25.1. The number of alkyl carbamates (subject to hydrolysis) is 1. The highest BCUT2D eigenvalue weighted by molar-refractivity contribution is 6.39. The van der Waals surface area contributed by atoms with E-state index in [0.717, 1.165) is 5.57 Å². The Balaban J connectivity index is 1.96. The number of halogens is 2. The zero-order valence-corrected chi connectivity index (χ0v) is 20.1. The van der Waals surface area contributed by atoms with E-state index in [-0.39, 0.29) is 13.0 Å². The van der Waals surface area contributed by atoms with Gasteiger partial charge in [-0.1, -0.05) is 47.5 Å². The van der Waals surface area contributed by atoms with Crippen molar-refractivity contribution in [2.24, 2.45) is 0 Å². The van der Waals surface area contributed by atoms with Gasteiger partial charge in [0.1, 0.15) is 11.7 Å². The van der Waals surface area contributed by atoms with Gasteiger partial charge in [0.05, 0.1) is 34.2 Å². The molecule has 1 aromatic rings. The molecule has 0 radical (unpaired) electrons. The highest BCUT2D eigenvalue weighted by atomic mass is 35.5. The number of ether oxygens (including phenoxy) is 2. The number of amides is 1. The van der Waals surface area contributed by atoms with Crippen LogP contribution in [0.5, 0.6) is 0 Å². The summed E-state index contributed by atoms with van der Waals surface area (Å²) < 4.78 is 10.7. The SMILES string of the molecule is CC(CNC(=O)OC(C)(C)C)OC(=O)CC1=CC=CCC1(C)Nc1c(Cl)cccc1Cl. The molecule has 2 N–H and O–H groups in total. The minimum Gasteiger partial charge on any atom is -0.461 e. The lowest BCUT2D eigenvalue weighted by Gasteiger charge is -2.36. The summed E-state index contributed by atoms with van der Waals surface area (Å²) in [5.41, 5.74) is 0.328. The van der Waals surface area contributed by atoms with Gasteiger partial charge in [-0.05, 0) is 58.7 Å². The third kappa shape index (κ3) is 7.78. The summed E-state index contributed by atoms with van der Waals surface area (Å²) in [5.74, 6) is -0.390. The maximum absolute atomic E-state index is 12.6. The van der Waals surface area contributed by atoms with Crippen molar-refractivity contribution in [3.8, 4) is 0 Å². The predicted molar refractivity (Wildman–Crippen MR) is 125 cm³/mol. The van der Waals surface area contributed by atoms with Gasteiger partial charge in [0.15, 0.2) is 0 Å². The Labute approximate surface area is 194 Å². The van der Waals surface area contributed by atoms with Crippen LogP contribution in [0.15, 0.2) is 42.0 Å². The molecule has 0 spiro atoms. The van der Waals surface area contributed by atoms with Crippen LogP contribution in [-0.2, 0) is 14.3 Å². The topological polar surface area (TPSA) is 76.7 Å². The molecule has 31 heavy (non-hydrogen) atoms. The number of carbonyl (C=O) groups is 2. The predicted octanol–water partition coefficient (Wildman–Crippen LogP) is 5.90. The Morgan fingerprint density at radius 3 is 2.48 bits per heavy atom. The molecule has 0 fully saturated rings. The van der Waals surface area contributed by atoms with Crippen LogP contribution in [0, 0.1) is 0 Å². The van der Waals surface area contributed by atoms with E-state index in [1.54, 1.807) is 45.9 Å². The number of nitrogens with one attached hydrogen (secondary N) is 2. The monoisotopic (exact) mass is 468 g/mol. The van der Waals surface area contributed by atoms with Crippen LogP contribution < -0.4 is 10.6 Å². The first-order chi connectivity index (χ1) is 14.4. The number of benzene rings is 1. The highest BCUT2D eigenvalue weighted by Crippen LogP contribution is 2.37. The second-order valence-electron chi connectivity index (χ2n) is 8.74. The summed E-state index contributed by atoms with van der Waals surface area (Å²) in [5, 5.41) is 7.02. The van der Waals surface area contributed by atoms with Crippen LogP contribution in [0.4, 0.5) is 10.5 Å². The molecule has 2 atom stereocenters. The third-order valence-electron chi connectivity index (χ3n) is 4.63. The zero-order chi connectivity index (χ0) is 23.2. The largest absolute Gasteiger partial charge is 0.461 e. The molecule has 0 saturated heterocycles. The van der Waals surface area contributed by atoms with E-state index >= 15 is 0 Å². The molecule has 2 rings (SSSR count). The van der Waals surface area contributed by atoms with Crippen molar-refractivity contribution >= 4 is 41.0 Å². The fourth-order valence-corrected chi connectivity index (χ4v) is 3.58. The van der Waals surface area contributed by atoms with Gasteiger partial charge in [-0.25, -0.2) is 4.79 Å². The molecule has 2 unspecified atom stereocenters. The number of allylic oxidation sites excluding steroid dienone is 2. The number of anilines is 1. The van der Waals surface area contributed by atoms with E-state index in [1.165, 1.54) is 0 Å².